The summed E-state index contributed by atoms with van der Waals surface area (Å²) in [6, 6.07) is 61.2. The van der Waals surface area contributed by atoms with Gasteiger partial charge in [-0.2, -0.15) is 0 Å². The maximum atomic E-state index is 4.25. The fourth-order valence-corrected chi connectivity index (χ4v) is 12.8. The number of benzene rings is 9. The monoisotopic (exact) mass is 790 g/mol. The Kier molecular flexibility index (Phi) is 6.96. The van der Waals surface area contributed by atoms with Crippen LogP contribution >= 0.6 is 0 Å². The number of hydrogen-bond donors (Lipinski definition) is 0. The molecule has 0 aliphatic heterocycles. The van der Waals surface area contributed by atoms with Crippen molar-refractivity contribution in [3.63, 3.8) is 0 Å². The molecule has 0 amide bonds. The second kappa shape index (κ2) is 12.1. The highest BCUT2D eigenvalue weighted by Gasteiger charge is 2.51. The third-order valence-electron chi connectivity index (χ3n) is 15.5. The second-order valence-electron chi connectivity index (χ2n) is 19.1. The summed E-state index contributed by atoms with van der Waals surface area (Å²) in [7, 11) is 0. The van der Waals surface area contributed by atoms with E-state index in [4.69, 9.17) is 0 Å². The molecule has 0 heteroatoms. The Morgan fingerprint density at radius 3 is 1.61 bits per heavy atom. The van der Waals surface area contributed by atoms with Crippen molar-refractivity contribution < 1.29 is 0 Å². The van der Waals surface area contributed by atoms with Gasteiger partial charge in [-0.25, -0.2) is 0 Å². The van der Waals surface area contributed by atoms with Crippen LogP contribution in [0, 0.1) is 0 Å². The van der Waals surface area contributed by atoms with Gasteiger partial charge in [0, 0.05) is 10.8 Å². The van der Waals surface area contributed by atoms with Crippen LogP contribution < -0.4 is 0 Å². The molecule has 0 fully saturated rings. The van der Waals surface area contributed by atoms with E-state index in [-0.39, 0.29) is 10.8 Å². The maximum absolute atomic E-state index is 4.25. The van der Waals surface area contributed by atoms with Crippen molar-refractivity contribution in [1.29, 1.82) is 0 Å². The van der Waals surface area contributed by atoms with Gasteiger partial charge in [-0.1, -0.05) is 180 Å². The highest BCUT2D eigenvalue weighted by molar-refractivity contribution is 6.31. The first-order valence-corrected chi connectivity index (χ1v) is 22.2. The van der Waals surface area contributed by atoms with Gasteiger partial charge in [0.2, 0.25) is 0 Å². The molecular formula is C62H46. The zero-order valence-electron chi connectivity index (χ0n) is 36.0. The molecule has 0 aromatic heterocycles. The van der Waals surface area contributed by atoms with Crippen molar-refractivity contribution in [2.75, 3.05) is 0 Å². The van der Waals surface area contributed by atoms with E-state index < -0.39 is 5.41 Å². The lowest BCUT2D eigenvalue weighted by atomic mass is 9.69. The maximum Gasteiger partial charge on any atom is 0.0726 e. The van der Waals surface area contributed by atoms with E-state index in [1.54, 1.807) is 0 Å². The first-order valence-electron chi connectivity index (χ1n) is 22.2. The largest absolute Gasteiger partial charge is 0.0987 e. The number of fused-ring (bicyclic) bond motifs is 14. The zero-order chi connectivity index (χ0) is 41.9. The minimum Gasteiger partial charge on any atom is -0.0987 e. The molecule has 0 radical (unpaired) electrons. The predicted octanol–water partition coefficient (Wildman–Crippen LogP) is 16.3. The molecule has 13 rings (SSSR count). The normalized spacial score (nSPS) is 16.5. The Labute approximate surface area is 364 Å². The fraction of sp³-hybridized carbons (Fsp3) is 0.129. The number of hydrogen-bond acceptors (Lipinski definition) is 0. The average Bonchev–Trinajstić information content (AvgIpc) is 3.93. The zero-order valence-corrected chi connectivity index (χ0v) is 36.0. The Morgan fingerprint density at radius 1 is 0.387 bits per heavy atom. The van der Waals surface area contributed by atoms with Crippen LogP contribution in [0.5, 0.6) is 0 Å². The minimum absolute atomic E-state index is 0.0437. The molecule has 294 valence electrons. The fourth-order valence-electron chi connectivity index (χ4n) is 12.8. The molecule has 0 saturated heterocycles. The van der Waals surface area contributed by atoms with Crippen LogP contribution in [0.2, 0.25) is 0 Å². The van der Waals surface area contributed by atoms with Crippen molar-refractivity contribution in [3.05, 3.63) is 233 Å². The third kappa shape index (κ3) is 4.23. The van der Waals surface area contributed by atoms with E-state index in [9.17, 15) is 0 Å². The molecule has 9 aromatic rings. The van der Waals surface area contributed by atoms with E-state index in [1.165, 1.54) is 132 Å². The molecular weight excluding hydrogens is 745 g/mol. The highest BCUT2D eigenvalue weighted by Crippen LogP contribution is 2.64. The van der Waals surface area contributed by atoms with Crippen molar-refractivity contribution in [3.8, 4) is 44.5 Å². The third-order valence-corrected chi connectivity index (χ3v) is 15.5. The molecule has 62 heavy (non-hydrogen) atoms. The summed E-state index contributed by atoms with van der Waals surface area (Å²) in [5.74, 6) is 0. The minimum atomic E-state index is -0.444. The van der Waals surface area contributed by atoms with E-state index in [1.807, 2.05) is 0 Å². The molecule has 4 aliphatic carbocycles. The van der Waals surface area contributed by atoms with E-state index >= 15 is 0 Å². The van der Waals surface area contributed by atoms with Gasteiger partial charge in [-0.15, -0.1) is 0 Å². The van der Waals surface area contributed by atoms with Gasteiger partial charge in [-0.05, 0) is 170 Å². The standard InChI is InChI=1S/C62H46/c1-7-16-41-47-32-37(26-29-52(47)60(3,4)50(41)8-2)36-25-28-40-46(31-36)45-20-15-24-56-58(45)59-49(40)34-39(38-27-30-53-48(33-38)44-19-9-12-21-51(44)61(53,5)6)35-57(59)62(56)54-22-13-10-17-42(54)43-18-11-14-23-55(43)62/h7-35H,2H2,1,3-6H3/b16-7-. The van der Waals surface area contributed by atoms with Gasteiger partial charge in [0.1, 0.15) is 0 Å². The number of allylic oxidation sites excluding steroid dienone is 5. The second-order valence-corrected chi connectivity index (χ2v) is 19.1. The summed E-state index contributed by atoms with van der Waals surface area (Å²) in [6.07, 6.45) is 6.47. The summed E-state index contributed by atoms with van der Waals surface area (Å²) >= 11 is 0. The van der Waals surface area contributed by atoms with Gasteiger partial charge in [0.05, 0.1) is 5.41 Å². The van der Waals surface area contributed by atoms with E-state index in [2.05, 4.69) is 217 Å². The summed E-state index contributed by atoms with van der Waals surface area (Å²) in [5, 5.41) is 8.01. The Balaban J connectivity index is 1.12. The summed E-state index contributed by atoms with van der Waals surface area (Å²) in [5.41, 5.74) is 23.3. The Hall–Kier alpha value is -7.02. The SMILES string of the molecule is C=CC1=C(/C=C\C)c2cc(-c3ccc4c(c3)c3cccc5c3c3c(cc(-c6ccc7c(c6)-c6ccccc6C7(C)C)cc43)C53c4ccccc4-c4ccccc43)ccc2C1(C)C. The van der Waals surface area contributed by atoms with Crippen molar-refractivity contribution >= 4 is 37.9 Å². The molecule has 0 N–H and O–H groups in total. The van der Waals surface area contributed by atoms with Crippen LogP contribution in [-0.2, 0) is 16.2 Å². The quantitative estimate of drug-likeness (QED) is 0.156. The topological polar surface area (TPSA) is 0 Å². The smallest absolute Gasteiger partial charge is 0.0726 e. The summed E-state index contributed by atoms with van der Waals surface area (Å²) in [6.45, 7) is 15.7. The molecule has 0 unspecified atom stereocenters. The van der Waals surface area contributed by atoms with Crippen molar-refractivity contribution in [1.82, 2.24) is 0 Å². The highest BCUT2D eigenvalue weighted by atomic mass is 14.5. The molecule has 0 nitrogen and oxygen atoms in total. The number of rotatable bonds is 4. The molecule has 4 aliphatic rings. The summed E-state index contributed by atoms with van der Waals surface area (Å²) < 4.78 is 0. The Bertz CT molecular complexity index is 3550. The van der Waals surface area contributed by atoms with Crippen LogP contribution in [0.25, 0.3) is 82.4 Å². The van der Waals surface area contributed by atoms with Gasteiger partial charge in [0.25, 0.3) is 0 Å². The summed E-state index contributed by atoms with van der Waals surface area (Å²) in [4.78, 5) is 0. The van der Waals surface area contributed by atoms with E-state index in [0.29, 0.717) is 0 Å². The van der Waals surface area contributed by atoms with Gasteiger partial charge in [-0.3, -0.25) is 0 Å². The van der Waals surface area contributed by atoms with Crippen LogP contribution in [0.3, 0.4) is 0 Å². The van der Waals surface area contributed by atoms with Gasteiger partial charge in [0.15, 0.2) is 0 Å². The van der Waals surface area contributed by atoms with Gasteiger partial charge >= 0.3 is 0 Å². The van der Waals surface area contributed by atoms with Crippen molar-refractivity contribution in [2.24, 2.45) is 0 Å². The average molecular weight is 791 g/mol. The van der Waals surface area contributed by atoms with Crippen LogP contribution in [0.4, 0.5) is 0 Å². The van der Waals surface area contributed by atoms with Crippen LogP contribution in [0.15, 0.2) is 188 Å². The van der Waals surface area contributed by atoms with Crippen LogP contribution in [-0.4, -0.2) is 0 Å². The van der Waals surface area contributed by atoms with Crippen molar-refractivity contribution in [2.45, 2.75) is 50.9 Å². The Morgan fingerprint density at radius 2 is 0.919 bits per heavy atom. The molecule has 9 aromatic carbocycles. The molecule has 0 saturated carbocycles. The first-order chi connectivity index (χ1) is 30.2. The molecule has 0 atom stereocenters. The lowest BCUT2D eigenvalue weighted by Crippen LogP contribution is -2.26. The van der Waals surface area contributed by atoms with Crippen LogP contribution in [0.1, 0.15) is 79.1 Å². The molecule has 1 spiro atoms. The van der Waals surface area contributed by atoms with E-state index in [0.717, 1.165) is 0 Å². The molecule has 0 heterocycles. The molecule has 0 bridgehead atoms. The predicted molar refractivity (Wildman–Crippen MR) is 263 cm³/mol. The van der Waals surface area contributed by atoms with Gasteiger partial charge < -0.3 is 0 Å². The first kappa shape index (κ1) is 35.7. The lowest BCUT2D eigenvalue weighted by Gasteiger charge is -2.31. The lowest BCUT2D eigenvalue weighted by molar-refractivity contribution is 0.654.